The highest BCUT2D eigenvalue weighted by Crippen LogP contribution is 2.27. The largest absolute Gasteiger partial charge is 0.339 e. The van der Waals surface area contributed by atoms with Gasteiger partial charge in [-0.2, -0.15) is 0 Å². The van der Waals surface area contributed by atoms with Crippen molar-refractivity contribution in [2.75, 3.05) is 26.2 Å². The Balaban J connectivity index is 1.59. The van der Waals surface area contributed by atoms with Crippen molar-refractivity contribution in [3.05, 3.63) is 34.2 Å². The molecule has 1 aliphatic carbocycles. The SMILES string of the molecule is Cn1ccc(C(=O)N2CCN(C(=O)C3CCCC3)CC2)cc1=O. The van der Waals surface area contributed by atoms with E-state index in [1.165, 1.54) is 10.6 Å². The first-order valence-corrected chi connectivity index (χ1v) is 8.31. The first-order chi connectivity index (χ1) is 11.1. The van der Waals surface area contributed by atoms with Crippen LogP contribution in [0.1, 0.15) is 36.0 Å². The number of hydrogen-bond donors (Lipinski definition) is 0. The summed E-state index contributed by atoms with van der Waals surface area (Å²) in [6.07, 6.45) is 5.92. The second-order valence-electron chi connectivity index (χ2n) is 6.46. The summed E-state index contributed by atoms with van der Waals surface area (Å²) >= 11 is 0. The minimum Gasteiger partial charge on any atom is -0.339 e. The van der Waals surface area contributed by atoms with Gasteiger partial charge in [0, 0.05) is 57.0 Å². The van der Waals surface area contributed by atoms with E-state index in [2.05, 4.69) is 0 Å². The summed E-state index contributed by atoms with van der Waals surface area (Å²) in [5.74, 6) is 0.313. The molecule has 2 aliphatic rings. The second kappa shape index (κ2) is 6.56. The van der Waals surface area contributed by atoms with E-state index in [1.807, 2.05) is 4.90 Å². The zero-order valence-electron chi connectivity index (χ0n) is 13.5. The van der Waals surface area contributed by atoms with Crippen LogP contribution in [0.25, 0.3) is 0 Å². The van der Waals surface area contributed by atoms with Crippen molar-refractivity contribution in [1.82, 2.24) is 14.4 Å². The smallest absolute Gasteiger partial charge is 0.254 e. The lowest BCUT2D eigenvalue weighted by Gasteiger charge is -2.36. The number of aryl methyl sites for hydroxylation is 1. The number of carbonyl (C=O) groups is 2. The van der Waals surface area contributed by atoms with Crippen molar-refractivity contribution in [3.63, 3.8) is 0 Å². The quantitative estimate of drug-likeness (QED) is 0.813. The fourth-order valence-electron chi connectivity index (χ4n) is 3.43. The third-order valence-corrected chi connectivity index (χ3v) is 4.93. The predicted octanol–water partition coefficient (Wildman–Crippen LogP) is 0.860. The average Bonchev–Trinajstić information content (AvgIpc) is 3.11. The third-order valence-electron chi connectivity index (χ3n) is 4.93. The summed E-state index contributed by atoms with van der Waals surface area (Å²) in [5.41, 5.74) is 0.231. The van der Waals surface area contributed by atoms with Crippen LogP contribution in [0.3, 0.4) is 0 Å². The van der Waals surface area contributed by atoms with E-state index in [0.717, 1.165) is 25.7 Å². The second-order valence-corrected chi connectivity index (χ2v) is 6.46. The molecular weight excluding hydrogens is 294 g/mol. The van der Waals surface area contributed by atoms with Gasteiger partial charge in [0.2, 0.25) is 5.91 Å². The molecule has 1 saturated carbocycles. The Hall–Kier alpha value is -2.11. The van der Waals surface area contributed by atoms with E-state index in [9.17, 15) is 14.4 Å². The van der Waals surface area contributed by atoms with Crippen LogP contribution in [0, 0.1) is 5.92 Å². The minimum absolute atomic E-state index is 0.129. The Labute approximate surface area is 135 Å². The van der Waals surface area contributed by atoms with Crippen molar-refractivity contribution in [2.24, 2.45) is 13.0 Å². The van der Waals surface area contributed by atoms with Gasteiger partial charge in [-0.05, 0) is 18.9 Å². The van der Waals surface area contributed by atoms with Gasteiger partial charge in [0.05, 0.1) is 0 Å². The minimum atomic E-state index is -0.189. The highest BCUT2D eigenvalue weighted by molar-refractivity contribution is 5.94. The van der Waals surface area contributed by atoms with Crippen molar-refractivity contribution < 1.29 is 9.59 Å². The van der Waals surface area contributed by atoms with Gasteiger partial charge in [-0.3, -0.25) is 14.4 Å². The number of hydrogen-bond acceptors (Lipinski definition) is 3. The molecule has 6 nitrogen and oxygen atoms in total. The fourth-order valence-corrected chi connectivity index (χ4v) is 3.43. The Bertz CT molecular complexity index is 653. The van der Waals surface area contributed by atoms with Gasteiger partial charge >= 0.3 is 0 Å². The lowest BCUT2D eigenvalue weighted by atomic mass is 10.1. The average molecular weight is 317 g/mol. The lowest BCUT2D eigenvalue weighted by molar-refractivity contribution is -0.136. The molecule has 0 unspecified atom stereocenters. The monoisotopic (exact) mass is 317 g/mol. The van der Waals surface area contributed by atoms with Gasteiger partial charge in [0.1, 0.15) is 0 Å². The van der Waals surface area contributed by atoms with Gasteiger partial charge in [0.25, 0.3) is 11.5 Å². The molecule has 2 amide bonds. The Morgan fingerprint density at radius 2 is 1.65 bits per heavy atom. The molecule has 1 saturated heterocycles. The van der Waals surface area contributed by atoms with Crippen molar-refractivity contribution >= 4 is 11.8 Å². The number of amides is 2. The maximum Gasteiger partial charge on any atom is 0.254 e. The zero-order valence-corrected chi connectivity index (χ0v) is 13.5. The first-order valence-electron chi connectivity index (χ1n) is 8.31. The van der Waals surface area contributed by atoms with Gasteiger partial charge < -0.3 is 14.4 Å². The molecule has 0 aromatic carbocycles. The molecule has 1 aliphatic heterocycles. The third kappa shape index (κ3) is 3.30. The van der Waals surface area contributed by atoms with Crippen molar-refractivity contribution in [3.8, 4) is 0 Å². The van der Waals surface area contributed by atoms with Crippen LogP contribution in [0.5, 0.6) is 0 Å². The first kappa shape index (κ1) is 15.8. The van der Waals surface area contributed by atoms with Crippen LogP contribution in [-0.2, 0) is 11.8 Å². The van der Waals surface area contributed by atoms with Crippen LogP contribution < -0.4 is 5.56 Å². The standard InChI is InChI=1S/C17H23N3O3/c1-18-7-6-14(12-15(18)21)17(23)20-10-8-19(9-11-20)16(22)13-4-2-3-5-13/h6-7,12-13H,2-5,8-11H2,1H3. The zero-order chi connectivity index (χ0) is 16.4. The maximum absolute atomic E-state index is 12.5. The van der Waals surface area contributed by atoms with E-state index in [4.69, 9.17) is 0 Å². The van der Waals surface area contributed by atoms with Crippen LogP contribution in [0.2, 0.25) is 0 Å². The normalized spacial score (nSPS) is 19.2. The Kier molecular flexibility index (Phi) is 4.50. The number of carbonyl (C=O) groups excluding carboxylic acids is 2. The molecule has 6 heteroatoms. The van der Waals surface area contributed by atoms with Crippen LogP contribution in [0.4, 0.5) is 0 Å². The highest BCUT2D eigenvalue weighted by atomic mass is 16.2. The molecule has 0 bridgehead atoms. The van der Waals surface area contributed by atoms with Crippen LogP contribution in [-0.4, -0.2) is 52.4 Å². The highest BCUT2D eigenvalue weighted by Gasteiger charge is 2.30. The van der Waals surface area contributed by atoms with E-state index >= 15 is 0 Å². The van der Waals surface area contributed by atoms with E-state index in [0.29, 0.717) is 31.7 Å². The number of nitrogens with zero attached hydrogens (tertiary/aromatic N) is 3. The molecular formula is C17H23N3O3. The lowest BCUT2D eigenvalue weighted by Crippen LogP contribution is -2.51. The summed E-state index contributed by atoms with van der Waals surface area (Å²) < 4.78 is 1.44. The predicted molar refractivity (Wildman–Crippen MR) is 86.1 cm³/mol. The molecule has 3 rings (SSSR count). The number of piperazine rings is 1. The summed E-state index contributed by atoms with van der Waals surface area (Å²) in [5, 5.41) is 0. The van der Waals surface area contributed by atoms with Gasteiger partial charge in [-0.15, -0.1) is 0 Å². The Morgan fingerprint density at radius 1 is 1.04 bits per heavy atom. The summed E-state index contributed by atoms with van der Waals surface area (Å²) in [6, 6.07) is 3.04. The van der Waals surface area contributed by atoms with Gasteiger partial charge in [-0.25, -0.2) is 0 Å². The molecule has 124 valence electrons. The summed E-state index contributed by atoms with van der Waals surface area (Å²) in [7, 11) is 1.66. The number of rotatable bonds is 2. The molecule has 2 heterocycles. The maximum atomic E-state index is 12.5. The van der Waals surface area contributed by atoms with Crippen LogP contribution in [0.15, 0.2) is 23.1 Å². The van der Waals surface area contributed by atoms with E-state index in [-0.39, 0.29) is 23.3 Å². The summed E-state index contributed by atoms with van der Waals surface area (Å²) in [6.45, 7) is 2.25. The van der Waals surface area contributed by atoms with Crippen molar-refractivity contribution in [1.29, 1.82) is 0 Å². The number of aromatic nitrogens is 1. The Morgan fingerprint density at radius 3 is 2.26 bits per heavy atom. The molecule has 0 spiro atoms. The van der Waals surface area contributed by atoms with Crippen LogP contribution >= 0.6 is 0 Å². The van der Waals surface area contributed by atoms with E-state index in [1.54, 1.807) is 24.2 Å². The summed E-state index contributed by atoms with van der Waals surface area (Å²) in [4.78, 5) is 40.2. The molecule has 1 aromatic heterocycles. The molecule has 0 atom stereocenters. The topological polar surface area (TPSA) is 62.6 Å². The van der Waals surface area contributed by atoms with Gasteiger partial charge in [-0.1, -0.05) is 12.8 Å². The molecule has 2 fully saturated rings. The van der Waals surface area contributed by atoms with Crippen molar-refractivity contribution in [2.45, 2.75) is 25.7 Å². The molecule has 0 N–H and O–H groups in total. The number of pyridine rings is 1. The van der Waals surface area contributed by atoms with Gasteiger partial charge in [0.15, 0.2) is 0 Å². The molecule has 0 radical (unpaired) electrons. The fraction of sp³-hybridized carbons (Fsp3) is 0.588. The molecule has 1 aromatic rings. The molecule has 23 heavy (non-hydrogen) atoms. The van der Waals surface area contributed by atoms with E-state index < -0.39 is 0 Å².